The van der Waals surface area contributed by atoms with Crippen molar-refractivity contribution in [1.82, 2.24) is 10.3 Å². The molecule has 1 aromatic carbocycles. The number of hydrogen-bond donors (Lipinski definition) is 2. The third-order valence-corrected chi connectivity index (χ3v) is 3.58. The van der Waals surface area contributed by atoms with E-state index < -0.39 is 0 Å². The molecule has 0 aliphatic carbocycles. The summed E-state index contributed by atoms with van der Waals surface area (Å²) in [6.45, 7) is 0.479. The standard InChI is InChI=1S/C15H16N2O2S/c1-20-15-13(3-2-8-16-15)14(19)17-9-11-4-6-12(10-18)7-5-11/h2-8,18H,9-10H2,1H3,(H,17,19). The van der Waals surface area contributed by atoms with Gasteiger partial charge in [-0.2, -0.15) is 0 Å². The molecule has 5 heteroatoms. The average Bonchev–Trinajstić information content (AvgIpc) is 2.53. The van der Waals surface area contributed by atoms with Crippen LogP contribution >= 0.6 is 11.8 Å². The van der Waals surface area contributed by atoms with Crippen LogP contribution in [0.5, 0.6) is 0 Å². The largest absolute Gasteiger partial charge is 0.392 e. The van der Waals surface area contributed by atoms with Crippen molar-refractivity contribution in [2.24, 2.45) is 0 Å². The van der Waals surface area contributed by atoms with Crippen LogP contribution in [0.15, 0.2) is 47.6 Å². The molecular formula is C15H16N2O2S. The van der Waals surface area contributed by atoms with Gasteiger partial charge in [-0.3, -0.25) is 4.79 Å². The minimum absolute atomic E-state index is 0.0272. The normalized spacial score (nSPS) is 10.3. The molecule has 0 aliphatic heterocycles. The molecule has 0 saturated heterocycles. The molecule has 0 radical (unpaired) electrons. The predicted octanol–water partition coefficient (Wildman–Crippen LogP) is 2.23. The molecule has 0 atom stereocenters. The van der Waals surface area contributed by atoms with Crippen molar-refractivity contribution in [1.29, 1.82) is 0 Å². The highest BCUT2D eigenvalue weighted by Crippen LogP contribution is 2.16. The molecule has 0 bridgehead atoms. The fraction of sp³-hybridized carbons (Fsp3) is 0.200. The second kappa shape index (κ2) is 7.07. The molecule has 0 spiro atoms. The Balaban J connectivity index is 2.01. The molecule has 2 rings (SSSR count). The second-order valence-corrected chi connectivity index (χ2v) is 5.01. The monoisotopic (exact) mass is 288 g/mol. The third-order valence-electron chi connectivity index (χ3n) is 2.87. The molecule has 1 heterocycles. The van der Waals surface area contributed by atoms with Crippen LogP contribution in [0.25, 0.3) is 0 Å². The van der Waals surface area contributed by atoms with Gasteiger partial charge in [0, 0.05) is 12.7 Å². The molecule has 1 aromatic heterocycles. The Morgan fingerprint density at radius 1 is 1.25 bits per heavy atom. The predicted molar refractivity (Wildman–Crippen MR) is 79.6 cm³/mol. The number of nitrogens with zero attached hydrogens (tertiary/aromatic N) is 1. The first-order chi connectivity index (χ1) is 9.74. The first kappa shape index (κ1) is 14.6. The van der Waals surface area contributed by atoms with Crippen molar-refractivity contribution >= 4 is 17.7 Å². The summed E-state index contributed by atoms with van der Waals surface area (Å²) >= 11 is 1.45. The first-order valence-corrected chi connectivity index (χ1v) is 7.43. The summed E-state index contributed by atoms with van der Waals surface area (Å²) in [5.74, 6) is -0.131. The van der Waals surface area contributed by atoms with Crippen molar-refractivity contribution in [3.05, 3.63) is 59.3 Å². The summed E-state index contributed by atoms with van der Waals surface area (Å²) in [5.41, 5.74) is 2.44. The first-order valence-electron chi connectivity index (χ1n) is 6.20. The molecule has 4 nitrogen and oxygen atoms in total. The van der Waals surface area contributed by atoms with Crippen LogP contribution in [0.3, 0.4) is 0 Å². The van der Waals surface area contributed by atoms with Gasteiger partial charge in [-0.15, -0.1) is 11.8 Å². The van der Waals surface area contributed by atoms with E-state index in [4.69, 9.17) is 5.11 Å². The van der Waals surface area contributed by atoms with Gasteiger partial charge in [-0.1, -0.05) is 24.3 Å². The summed E-state index contributed by atoms with van der Waals surface area (Å²) < 4.78 is 0. The molecule has 0 saturated carbocycles. The van der Waals surface area contributed by atoms with Gasteiger partial charge in [0.25, 0.3) is 5.91 Å². The lowest BCUT2D eigenvalue weighted by Crippen LogP contribution is -2.23. The van der Waals surface area contributed by atoms with Gasteiger partial charge in [-0.25, -0.2) is 4.98 Å². The van der Waals surface area contributed by atoms with E-state index in [0.29, 0.717) is 12.1 Å². The zero-order valence-electron chi connectivity index (χ0n) is 11.2. The van der Waals surface area contributed by atoms with E-state index in [2.05, 4.69) is 10.3 Å². The van der Waals surface area contributed by atoms with E-state index >= 15 is 0 Å². The highest BCUT2D eigenvalue weighted by Gasteiger charge is 2.10. The lowest BCUT2D eigenvalue weighted by Gasteiger charge is -2.08. The number of rotatable bonds is 5. The van der Waals surface area contributed by atoms with Gasteiger partial charge in [-0.05, 0) is 29.5 Å². The summed E-state index contributed by atoms with van der Waals surface area (Å²) in [7, 11) is 0. The molecule has 104 valence electrons. The lowest BCUT2D eigenvalue weighted by molar-refractivity contribution is 0.0947. The number of hydrogen-bond acceptors (Lipinski definition) is 4. The van der Waals surface area contributed by atoms with E-state index in [1.807, 2.05) is 30.5 Å². The van der Waals surface area contributed by atoms with E-state index in [1.54, 1.807) is 18.3 Å². The number of carbonyl (C=O) groups is 1. The summed E-state index contributed by atoms with van der Waals surface area (Å²) in [6.07, 6.45) is 3.57. The van der Waals surface area contributed by atoms with Crippen LogP contribution < -0.4 is 5.32 Å². The highest BCUT2D eigenvalue weighted by molar-refractivity contribution is 7.98. The number of carbonyl (C=O) groups excluding carboxylic acids is 1. The molecule has 2 N–H and O–H groups in total. The van der Waals surface area contributed by atoms with E-state index in [-0.39, 0.29) is 12.5 Å². The number of benzene rings is 1. The fourth-order valence-corrected chi connectivity index (χ4v) is 2.31. The quantitative estimate of drug-likeness (QED) is 0.828. The SMILES string of the molecule is CSc1ncccc1C(=O)NCc1ccc(CO)cc1. The smallest absolute Gasteiger partial charge is 0.254 e. The van der Waals surface area contributed by atoms with Crippen LogP contribution in [0.4, 0.5) is 0 Å². The third kappa shape index (κ3) is 3.59. The second-order valence-electron chi connectivity index (χ2n) is 4.22. The lowest BCUT2D eigenvalue weighted by atomic mass is 10.1. The van der Waals surface area contributed by atoms with Crippen molar-refractivity contribution in [2.75, 3.05) is 6.26 Å². The number of aromatic nitrogens is 1. The van der Waals surface area contributed by atoms with Gasteiger partial charge in [0.1, 0.15) is 5.03 Å². The highest BCUT2D eigenvalue weighted by atomic mass is 32.2. The zero-order chi connectivity index (χ0) is 14.4. The zero-order valence-corrected chi connectivity index (χ0v) is 12.0. The molecule has 1 amide bonds. The van der Waals surface area contributed by atoms with Crippen molar-refractivity contribution < 1.29 is 9.90 Å². The molecule has 0 aliphatic rings. The van der Waals surface area contributed by atoms with Crippen LogP contribution in [0, 0.1) is 0 Å². The molecule has 0 unspecified atom stereocenters. The van der Waals surface area contributed by atoms with Gasteiger partial charge >= 0.3 is 0 Å². The summed E-state index contributed by atoms with van der Waals surface area (Å²) in [5, 5.41) is 12.6. The maximum atomic E-state index is 12.1. The molecule has 20 heavy (non-hydrogen) atoms. The maximum absolute atomic E-state index is 12.1. The van der Waals surface area contributed by atoms with Crippen molar-refractivity contribution in [2.45, 2.75) is 18.2 Å². The van der Waals surface area contributed by atoms with E-state index in [9.17, 15) is 4.79 Å². The Kier molecular flexibility index (Phi) is 5.15. The van der Waals surface area contributed by atoms with Crippen molar-refractivity contribution in [3.8, 4) is 0 Å². The Hall–Kier alpha value is -1.85. The van der Waals surface area contributed by atoms with Gasteiger partial charge in [0.15, 0.2) is 0 Å². The summed E-state index contributed by atoms with van der Waals surface area (Å²) in [6, 6.07) is 11.0. The number of aliphatic hydroxyl groups excluding tert-OH is 1. The number of thioether (sulfide) groups is 1. The Morgan fingerprint density at radius 2 is 1.95 bits per heavy atom. The van der Waals surface area contributed by atoms with Crippen LogP contribution in [0.2, 0.25) is 0 Å². The van der Waals surface area contributed by atoms with Gasteiger partial charge in [0.05, 0.1) is 12.2 Å². The Bertz CT molecular complexity index is 585. The minimum atomic E-state index is -0.131. The van der Waals surface area contributed by atoms with Gasteiger partial charge in [0.2, 0.25) is 0 Å². The average molecular weight is 288 g/mol. The topological polar surface area (TPSA) is 62.2 Å². The number of pyridine rings is 1. The number of amides is 1. The van der Waals surface area contributed by atoms with Gasteiger partial charge < -0.3 is 10.4 Å². The molecule has 2 aromatic rings. The van der Waals surface area contributed by atoms with Crippen molar-refractivity contribution in [3.63, 3.8) is 0 Å². The Morgan fingerprint density at radius 3 is 2.60 bits per heavy atom. The molecular weight excluding hydrogens is 272 g/mol. The minimum Gasteiger partial charge on any atom is -0.392 e. The number of nitrogens with one attached hydrogen (secondary N) is 1. The maximum Gasteiger partial charge on any atom is 0.254 e. The van der Waals surface area contributed by atoms with Crippen LogP contribution in [-0.2, 0) is 13.2 Å². The summed E-state index contributed by atoms with van der Waals surface area (Å²) in [4.78, 5) is 16.3. The number of aliphatic hydroxyl groups is 1. The van der Waals surface area contributed by atoms with E-state index in [1.165, 1.54) is 11.8 Å². The van der Waals surface area contributed by atoms with E-state index in [0.717, 1.165) is 16.2 Å². The molecule has 0 fully saturated rings. The Labute approximate surface area is 122 Å². The van der Waals surface area contributed by atoms with Crippen LogP contribution in [0.1, 0.15) is 21.5 Å². The van der Waals surface area contributed by atoms with Crippen LogP contribution in [-0.4, -0.2) is 22.3 Å². The fourth-order valence-electron chi connectivity index (χ4n) is 1.77.